The van der Waals surface area contributed by atoms with E-state index < -0.39 is 5.60 Å². The molecule has 1 aromatic rings. The number of aromatic nitrogens is 1. The number of rotatable bonds is 3. The summed E-state index contributed by atoms with van der Waals surface area (Å²) < 4.78 is 11.7. The highest BCUT2D eigenvalue weighted by molar-refractivity contribution is 9.10. The van der Waals surface area contributed by atoms with E-state index in [1.165, 1.54) is 5.57 Å². The fraction of sp³-hybridized carbons (Fsp3) is 0.556. The zero-order valence-electron chi connectivity index (χ0n) is 14.9. The lowest BCUT2D eigenvalue weighted by Crippen LogP contribution is -2.51. The third-order valence-corrected chi connectivity index (χ3v) is 4.21. The largest absolute Gasteiger partial charge is 0.444 e. The monoisotopic (exact) mass is 396 g/mol. The molecule has 0 N–H and O–H groups in total. The van der Waals surface area contributed by atoms with Gasteiger partial charge in [-0.2, -0.15) is 0 Å². The SMILES string of the molecule is COC[C@@H]1C=C(c2ccnc(Br)c2)C[C@H](C)N1C(=O)OC(C)(C)C. The van der Waals surface area contributed by atoms with Crippen LogP contribution in [0.5, 0.6) is 0 Å². The lowest BCUT2D eigenvalue weighted by Gasteiger charge is -2.40. The van der Waals surface area contributed by atoms with Crippen LogP contribution in [-0.2, 0) is 9.47 Å². The van der Waals surface area contributed by atoms with Crippen molar-refractivity contribution in [3.05, 3.63) is 34.6 Å². The van der Waals surface area contributed by atoms with Gasteiger partial charge in [0.2, 0.25) is 0 Å². The molecule has 1 aromatic heterocycles. The van der Waals surface area contributed by atoms with E-state index in [-0.39, 0.29) is 18.2 Å². The van der Waals surface area contributed by atoms with Crippen LogP contribution in [0.1, 0.15) is 39.7 Å². The van der Waals surface area contributed by atoms with E-state index in [9.17, 15) is 4.79 Å². The topological polar surface area (TPSA) is 51.7 Å². The number of pyridine rings is 1. The molecule has 1 aliphatic heterocycles. The van der Waals surface area contributed by atoms with Crippen LogP contribution in [0.2, 0.25) is 0 Å². The number of carbonyl (C=O) groups excluding carboxylic acids is 1. The number of methoxy groups -OCH3 is 1. The Labute approximate surface area is 152 Å². The molecule has 0 unspecified atom stereocenters. The van der Waals surface area contributed by atoms with Gasteiger partial charge in [0, 0.05) is 19.3 Å². The van der Waals surface area contributed by atoms with Crippen LogP contribution >= 0.6 is 15.9 Å². The number of ether oxygens (including phenoxy) is 2. The molecule has 5 nitrogen and oxygen atoms in total. The number of hydrogen-bond acceptors (Lipinski definition) is 4. The molecule has 1 amide bonds. The zero-order chi connectivity index (χ0) is 17.9. The Balaban J connectivity index is 2.30. The van der Waals surface area contributed by atoms with E-state index in [1.54, 1.807) is 18.2 Å². The first-order chi connectivity index (χ1) is 11.2. The third kappa shape index (κ3) is 4.80. The molecule has 0 fully saturated rings. The van der Waals surface area contributed by atoms with Crippen molar-refractivity contribution in [2.24, 2.45) is 0 Å². The predicted octanol–water partition coefficient (Wildman–Crippen LogP) is 4.27. The van der Waals surface area contributed by atoms with Gasteiger partial charge >= 0.3 is 6.09 Å². The van der Waals surface area contributed by atoms with Crippen LogP contribution in [-0.4, -0.2) is 47.4 Å². The van der Waals surface area contributed by atoms with Gasteiger partial charge in [0.15, 0.2) is 0 Å². The Bertz CT molecular complexity index is 625. The van der Waals surface area contributed by atoms with Gasteiger partial charge in [-0.1, -0.05) is 6.08 Å². The molecule has 0 saturated heterocycles. The van der Waals surface area contributed by atoms with Crippen molar-refractivity contribution in [3.63, 3.8) is 0 Å². The molecule has 6 heteroatoms. The highest BCUT2D eigenvalue weighted by Gasteiger charge is 2.35. The van der Waals surface area contributed by atoms with Gasteiger partial charge < -0.3 is 9.47 Å². The molecule has 1 aliphatic rings. The van der Waals surface area contributed by atoms with Crippen LogP contribution in [0.25, 0.3) is 5.57 Å². The Kier molecular flexibility index (Phi) is 6.04. The van der Waals surface area contributed by atoms with Gasteiger partial charge in [0.05, 0.1) is 12.6 Å². The molecular formula is C18H25BrN2O3. The van der Waals surface area contributed by atoms with Gasteiger partial charge in [0.1, 0.15) is 10.2 Å². The lowest BCUT2D eigenvalue weighted by atomic mass is 9.92. The van der Waals surface area contributed by atoms with E-state index in [2.05, 4.69) is 27.0 Å². The van der Waals surface area contributed by atoms with Crippen molar-refractivity contribution < 1.29 is 14.3 Å². The number of halogens is 1. The first kappa shape index (κ1) is 18.9. The fourth-order valence-electron chi connectivity index (χ4n) is 2.87. The summed E-state index contributed by atoms with van der Waals surface area (Å²) in [6.45, 7) is 8.09. The molecule has 132 valence electrons. The van der Waals surface area contributed by atoms with Crippen LogP contribution in [0.4, 0.5) is 4.79 Å². The van der Waals surface area contributed by atoms with Gasteiger partial charge in [0.25, 0.3) is 0 Å². The third-order valence-electron chi connectivity index (χ3n) is 3.78. The maximum Gasteiger partial charge on any atom is 0.411 e. The summed E-state index contributed by atoms with van der Waals surface area (Å²) in [7, 11) is 1.64. The second-order valence-corrected chi connectivity index (χ2v) is 7.84. The number of carbonyl (C=O) groups is 1. The summed E-state index contributed by atoms with van der Waals surface area (Å²) in [5.74, 6) is 0. The zero-order valence-corrected chi connectivity index (χ0v) is 16.5. The quantitative estimate of drug-likeness (QED) is 0.715. The maximum absolute atomic E-state index is 12.6. The molecule has 24 heavy (non-hydrogen) atoms. The van der Waals surface area contributed by atoms with Crippen LogP contribution in [0, 0.1) is 0 Å². The molecule has 0 saturated carbocycles. The summed E-state index contributed by atoms with van der Waals surface area (Å²) in [4.78, 5) is 18.6. The minimum Gasteiger partial charge on any atom is -0.444 e. The van der Waals surface area contributed by atoms with Gasteiger partial charge in [-0.3, -0.25) is 4.90 Å². The van der Waals surface area contributed by atoms with Crippen LogP contribution in [0.3, 0.4) is 0 Å². The lowest BCUT2D eigenvalue weighted by molar-refractivity contribution is 0.00145. The van der Waals surface area contributed by atoms with Gasteiger partial charge in [-0.15, -0.1) is 0 Å². The van der Waals surface area contributed by atoms with Crippen LogP contribution in [0.15, 0.2) is 29.0 Å². The minimum atomic E-state index is -0.519. The smallest absolute Gasteiger partial charge is 0.411 e. The molecule has 0 radical (unpaired) electrons. The van der Waals surface area contributed by atoms with Crippen molar-refractivity contribution in [1.29, 1.82) is 0 Å². The normalized spacial score (nSPS) is 21.4. The Morgan fingerprint density at radius 1 is 1.46 bits per heavy atom. The Morgan fingerprint density at radius 3 is 2.75 bits per heavy atom. The molecule has 0 spiro atoms. The van der Waals surface area contributed by atoms with Gasteiger partial charge in [-0.05, 0) is 73.3 Å². The summed E-state index contributed by atoms with van der Waals surface area (Å²) in [5, 5.41) is 0. The second-order valence-electron chi connectivity index (χ2n) is 7.02. The first-order valence-corrected chi connectivity index (χ1v) is 8.83. The molecule has 2 heterocycles. The second kappa shape index (κ2) is 7.66. The molecule has 2 atom stereocenters. The van der Waals surface area contributed by atoms with Crippen LogP contribution < -0.4 is 0 Å². The molecule has 2 rings (SSSR count). The molecule has 0 bridgehead atoms. The van der Waals surface area contributed by atoms with Gasteiger partial charge in [-0.25, -0.2) is 9.78 Å². The molecule has 0 aromatic carbocycles. The predicted molar refractivity (Wildman–Crippen MR) is 97.7 cm³/mol. The van der Waals surface area contributed by atoms with E-state index in [0.29, 0.717) is 6.61 Å². The summed E-state index contributed by atoms with van der Waals surface area (Å²) >= 11 is 3.41. The van der Waals surface area contributed by atoms with Crippen molar-refractivity contribution in [3.8, 4) is 0 Å². The average Bonchev–Trinajstić information content (AvgIpc) is 2.45. The summed E-state index contributed by atoms with van der Waals surface area (Å²) in [5.41, 5.74) is 1.77. The van der Waals surface area contributed by atoms with E-state index in [4.69, 9.17) is 9.47 Å². The summed E-state index contributed by atoms with van der Waals surface area (Å²) in [6, 6.07) is 3.84. The fourth-order valence-corrected chi connectivity index (χ4v) is 3.23. The Morgan fingerprint density at radius 2 is 2.17 bits per heavy atom. The van der Waals surface area contributed by atoms with E-state index in [0.717, 1.165) is 16.6 Å². The number of amides is 1. The maximum atomic E-state index is 12.6. The Hall–Kier alpha value is -1.40. The van der Waals surface area contributed by atoms with Crippen molar-refractivity contribution in [1.82, 2.24) is 9.88 Å². The highest BCUT2D eigenvalue weighted by Crippen LogP contribution is 2.31. The first-order valence-electron chi connectivity index (χ1n) is 8.04. The average molecular weight is 397 g/mol. The van der Waals surface area contributed by atoms with Crippen molar-refractivity contribution in [2.75, 3.05) is 13.7 Å². The highest BCUT2D eigenvalue weighted by atomic mass is 79.9. The van der Waals surface area contributed by atoms with Crippen molar-refractivity contribution in [2.45, 2.75) is 51.8 Å². The minimum absolute atomic E-state index is 0.0203. The van der Waals surface area contributed by atoms with E-state index >= 15 is 0 Å². The molecular weight excluding hydrogens is 372 g/mol. The number of nitrogens with zero attached hydrogens (tertiary/aromatic N) is 2. The van der Waals surface area contributed by atoms with E-state index in [1.807, 2.05) is 39.8 Å². The van der Waals surface area contributed by atoms with Crippen molar-refractivity contribution >= 4 is 27.6 Å². The number of hydrogen-bond donors (Lipinski definition) is 0. The summed E-state index contributed by atoms with van der Waals surface area (Å²) in [6.07, 6.45) is 4.32. The molecule has 0 aliphatic carbocycles. The standard InChI is InChI=1S/C18H25BrN2O3/c1-12-8-14(13-6-7-20-16(19)10-13)9-15(11-23-5)21(12)17(22)24-18(2,3)4/h6-7,9-10,12,15H,8,11H2,1-5H3/t12-,15-/m0/s1.